The van der Waals surface area contributed by atoms with Crippen molar-refractivity contribution in [2.45, 2.75) is 4.90 Å². The number of anilines is 1. The maximum atomic E-state index is 12.2. The average Bonchev–Trinajstić information content (AvgIpc) is 2.39. The number of sulfonamides is 1. The summed E-state index contributed by atoms with van der Waals surface area (Å²) in [6, 6.07) is 12.5. The van der Waals surface area contributed by atoms with E-state index in [-0.39, 0.29) is 16.1 Å². The van der Waals surface area contributed by atoms with Gasteiger partial charge in [0.2, 0.25) is 0 Å². The summed E-state index contributed by atoms with van der Waals surface area (Å²) in [5, 5.41) is 9.32. The molecule has 0 fully saturated rings. The fourth-order valence-corrected chi connectivity index (χ4v) is 3.02. The zero-order valence-electron chi connectivity index (χ0n) is 9.97. The summed E-state index contributed by atoms with van der Waals surface area (Å²) in [6.07, 6.45) is 0. The van der Waals surface area contributed by atoms with Crippen molar-refractivity contribution in [3.8, 4) is 6.07 Å². The highest BCUT2D eigenvalue weighted by Gasteiger charge is 2.16. The van der Waals surface area contributed by atoms with Crippen LogP contribution < -0.4 is 4.72 Å². The van der Waals surface area contributed by atoms with Gasteiger partial charge in [-0.25, -0.2) is 8.42 Å². The molecule has 0 atom stereocenters. The highest BCUT2D eigenvalue weighted by molar-refractivity contribution is 9.10. The summed E-state index contributed by atoms with van der Waals surface area (Å²) in [4.78, 5) is 0.101. The number of nitrogens with zero attached hydrogens (tertiary/aromatic N) is 1. The summed E-state index contributed by atoms with van der Waals surface area (Å²) >= 11 is 9.05. The summed E-state index contributed by atoms with van der Waals surface area (Å²) in [5.41, 5.74) is 0.359. The normalized spacial score (nSPS) is 10.8. The van der Waals surface area contributed by atoms with Gasteiger partial charge in [-0.2, -0.15) is 5.26 Å². The molecule has 0 unspecified atom stereocenters. The first-order chi connectivity index (χ1) is 9.42. The number of nitrogens with one attached hydrogen (secondary N) is 1. The summed E-state index contributed by atoms with van der Waals surface area (Å²) in [5.74, 6) is 0. The van der Waals surface area contributed by atoms with E-state index in [2.05, 4.69) is 20.7 Å². The van der Waals surface area contributed by atoms with Gasteiger partial charge < -0.3 is 0 Å². The molecule has 102 valence electrons. The number of rotatable bonds is 3. The largest absolute Gasteiger partial charge is 0.278 e. The molecule has 2 rings (SSSR count). The van der Waals surface area contributed by atoms with Gasteiger partial charge in [0.15, 0.2) is 0 Å². The lowest BCUT2D eigenvalue weighted by Gasteiger charge is -2.10. The number of hydrogen-bond acceptors (Lipinski definition) is 3. The predicted octanol–water partition coefficient (Wildman–Crippen LogP) is 3.77. The molecule has 0 spiro atoms. The van der Waals surface area contributed by atoms with Crippen molar-refractivity contribution in [3.63, 3.8) is 0 Å². The highest BCUT2D eigenvalue weighted by Crippen LogP contribution is 2.24. The maximum absolute atomic E-state index is 12.2. The number of hydrogen-bond donors (Lipinski definition) is 1. The molecule has 0 aromatic heterocycles. The molecule has 2 aromatic rings. The van der Waals surface area contributed by atoms with Gasteiger partial charge in [-0.15, -0.1) is 0 Å². The SMILES string of the molecule is N#Cc1ccc(Cl)cc1NS(=O)(=O)c1ccc(Br)cc1. The fraction of sp³-hybridized carbons (Fsp3) is 0. The molecule has 4 nitrogen and oxygen atoms in total. The van der Waals surface area contributed by atoms with Crippen LogP contribution in [-0.2, 0) is 10.0 Å². The molecule has 2 aromatic carbocycles. The van der Waals surface area contributed by atoms with E-state index in [1.54, 1.807) is 12.1 Å². The topological polar surface area (TPSA) is 70.0 Å². The van der Waals surface area contributed by atoms with Crippen LogP contribution in [0.3, 0.4) is 0 Å². The van der Waals surface area contributed by atoms with Crippen molar-refractivity contribution in [1.29, 1.82) is 5.26 Å². The van der Waals surface area contributed by atoms with Crippen molar-refractivity contribution in [3.05, 3.63) is 57.5 Å². The molecule has 20 heavy (non-hydrogen) atoms. The van der Waals surface area contributed by atoms with E-state index in [9.17, 15) is 8.42 Å². The van der Waals surface area contributed by atoms with E-state index >= 15 is 0 Å². The van der Waals surface area contributed by atoms with Crippen molar-refractivity contribution < 1.29 is 8.42 Å². The van der Waals surface area contributed by atoms with Crippen LogP contribution in [0, 0.1) is 11.3 Å². The molecular weight excluding hydrogens is 364 g/mol. The standard InChI is InChI=1S/C13H8BrClN2O2S/c14-10-2-5-12(6-3-10)20(18,19)17-13-7-11(15)4-1-9(13)8-16/h1-7,17H. The Kier molecular flexibility index (Phi) is 4.33. The lowest BCUT2D eigenvalue weighted by atomic mass is 10.2. The second kappa shape index (κ2) is 5.83. The Hall–Kier alpha value is -1.55. The van der Waals surface area contributed by atoms with E-state index in [0.29, 0.717) is 5.02 Å². The second-order valence-corrected chi connectivity index (χ2v) is 6.90. The third kappa shape index (κ3) is 3.31. The Labute approximate surface area is 130 Å². The summed E-state index contributed by atoms with van der Waals surface area (Å²) < 4.78 is 27.6. The molecule has 7 heteroatoms. The van der Waals surface area contributed by atoms with Crippen LogP contribution in [-0.4, -0.2) is 8.42 Å². The quantitative estimate of drug-likeness (QED) is 0.892. The smallest absolute Gasteiger partial charge is 0.261 e. The summed E-state index contributed by atoms with van der Waals surface area (Å²) in [6.45, 7) is 0. The minimum absolute atomic E-state index is 0.101. The molecule has 0 saturated heterocycles. The zero-order valence-corrected chi connectivity index (χ0v) is 13.1. The number of nitriles is 1. The van der Waals surface area contributed by atoms with E-state index in [1.165, 1.54) is 30.3 Å². The molecule has 0 radical (unpaired) electrons. The van der Waals surface area contributed by atoms with Crippen molar-refractivity contribution in [1.82, 2.24) is 0 Å². The second-order valence-electron chi connectivity index (χ2n) is 3.86. The van der Waals surface area contributed by atoms with E-state index < -0.39 is 10.0 Å². The van der Waals surface area contributed by atoms with Gasteiger partial charge in [0.1, 0.15) is 6.07 Å². The lowest BCUT2D eigenvalue weighted by molar-refractivity contribution is 0.601. The van der Waals surface area contributed by atoms with Crippen molar-refractivity contribution in [2.75, 3.05) is 4.72 Å². The third-order valence-electron chi connectivity index (χ3n) is 2.47. The number of benzene rings is 2. The fourth-order valence-electron chi connectivity index (χ4n) is 1.52. The minimum Gasteiger partial charge on any atom is -0.278 e. The predicted molar refractivity (Wildman–Crippen MR) is 81.1 cm³/mol. The third-order valence-corrected chi connectivity index (χ3v) is 4.62. The average molecular weight is 372 g/mol. The molecule has 0 aliphatic carbocycles. The zero-order chi connectivity index (χ0) is 14.8. The molecule has 0 heterocycles. The van der Waals surface area contributed by atoms with Crippen LogP contribution in [0.5, 0.6) is 0 Å². The molecule has 1 N–H and O–H groups in total. The first-order valence-electron chi connectivity index (χ1n) is 5.40. The van der Waals surface area contributed by atoms with E-state index in [1.807, 2.05) is 6.07 Å². The van der Waals surface area contributed by atoms with E-state index in [4.69, 9.17) is 16.9 Å². The maximum Gasteiger partial charge on any atom is 0.261 e. The molecule has 0 amide bonds. The first-order valence-corrected chi connectivity index (χ1v) is 8.06. The molecule has 0 bridgehead atoms. The van der Waals surface area contributed by atoms with Gasteiger partial charge in [-0.05, 0) is 42.5 Å². The van der Waals surface area contributed by atoms with Crippen molar-refractivity contribution >= 4 is 43.2 Å². The van der Waals surface area contributed by atoms with Crippen LogP contribution in [0.1, 0.15) is 5.56 Å². The van der Waals surface area contributed by atoms with Crippen LogP contribution in [0.2, 0.25) is 5.02 Å². The van der Waals surface area contributed by atoms with Gasteiger partial charge in [-0.1, -0.05) is 27.5 Å². The van der Waals surface area contributed by atoms with Gasteiger partial charge in [0.25, 0.3) is 10.0 Å². The molecule has 0 aliphatic heterocycles. The van der Waals surface area contributed by atoms with Crippen LogP contribution in [0.25, 0.3) is 0 Å². The molecule has 0 saturated carbocycles. The van der Waals surface area contributed by atoms with Gasteiger partial charge in [0.05, 0.1) is 16.1 Å². The van der Waals surface area contributed by atoms with E-state index in [0.717, 1.165) is 4.47 Å². The van der Waals surface area contributed by atoms with Gasteiger partial charge in [-0.3, -0.25) is 4.72 Å². The van der Waals surface area contributed by atoms with Crippen LogP contribution in [0.15, 0.2) is 51.8 Å². The Morgan fingerprint density at radius 2 is 1.80 bits per heavy atom. The minimum atomic E-state index is -3.76. The van der Waals surface area contributed by atoms with Crippen LogP contribution in [0.4, 0.5) is 5.69 Å². The monoisotopic (exact) mass is 370 g/mol. The number of halogens is 2. The Morgan fingerprint density at radius 3 is 2.40 bits per heavy atom. The highest BCUT2D eigenvalue weighted by atomic mass is 79.9. The summed E-state index contributed by atoms with van der Waals surface area (Å²) in [7, 11) is -3.76. The van der Waals surface area contributed by atoms with Crippen LogP contribution >= 0.6 is 27.5 Å². The molecule has 0 aliphatic rings. The first kappa shape index (κ1) is 14.9. The van der Waals surface area contributed by atoms with Gasteiger partial charge in [0, 0.05) is 9.50 Å². The molecular formula is C13H8BrClN2O2S. The lowest BCUT2D eigenvalue weighted by Crippen LogP contribution is -2.13. The Morgan fingerprint density at radius 1 is 1.15 bits per heavy atom. The Bertz CT molecular complexity index is 783. The van der Waals surface area contributed by atoms with Crippen molar-refractivity contribution in [2.24, 2.45) is 0 Å². The Balaban J connectivity index is 2.41. The van der Waals surface area contributed by atoms with Gasteiger partial charge >= 0.3 is 0 Å².